The maximum atomic E-state index is 11.6. The summed E-state index contributed by atoms with van der Waals surface area (Å²) in [6, 6.07) is -1.29. The molecule has 20 heavy (non-hydrogen) atoms. The molecule has 0 saturated carbocycles. The van der Waals surface area contributed by atoms with Gasteiger partial charge in [-0.15, -0.1) is 0 Å². The molecule has 0 aliphatic rings. The molecule has 1 aromatic rings. The van der Waals surface area contributed by atoms with Gasteiger partial charge in [0, 0.05) is 25.4 Å². The summed E-state index contributed by atoms with van der Waals surface area (Å²) in [5, 5.41) is 14.1. The number of rotatable bonds is 9. The molecule has 112 valence electrons. The number of carboxylic acids is 1. The number of nitrogens with one attached hydrogen (secondary N) is 3. The van der Waals surface area contributed by atoms with E-state index in [1.54, 1.807) is 24.2 Å². The molecular formula is C12H20N4O3S. The number of urea groups is 1. The number of aromatic amines is 1. The molecule has 1 rings (SSSR count). The summed E-state index contributed by atoms with van der Waals surface area (Å²) < 4.78 is 0. The number of hydrogen-bond donors (Lipinski definition) is 4. The van der Waals surface area contributed by atoms with Crippen LogP contribution in [0, 0.1) is 0 Å². The summed E-state index contributed by atoms with van der Waals surface area (Å²) in [6.45, 7) is 0.474. The number of carboxylic acid groups (broad SMARTS) is 1. The van der Waals surface area contributed by atoms with Gasteiger partial charge in [-0.1, -0.05) is 0 Å². The van der Waals surface area contributed by atoms with E-state index in [1.807, 2.05) is 6.26 Å². The van der Waals surface area contributed by atoms with E-state index in [0.29, 0.717) is 18.7 Å². The molecule has 0 radical (unpaired) electrons. The van der Waals surface area contributed by atoms with Crippen LogP contribution in [0.2, 0.25) is 0 Å². The van der Waals surface area contributed by atoms with E-state index in [9.17, 15) is 9.59 Å². The van der Waals surface area contributed by atoms with E-state index in [2.05, 4.69) is 20.6 Å². The van der Waals surface area contributed by atoms with Gasteiger partial charge in [-0.05, 0) is 24.9 Å². The first-order chi connectivity index (χ1) is 9.63. The van der Waals surface area contributed by atoms with Crippen molar-refractivity contribution < 1.29 is 14.7 Å². The van der Waals surface area contributed by atoms with Crippen LogP contribution in [0.4, 0.5) is 4.79 Å². The minimum atomic E-state index is -1.01. The van der Waals surface area contributed by atoms with Gasteiger partial charge in [0.15, 0.2) is 0 Å². The van der Waals surface area contributed by atoms with Crippen LogP contribution < -0.4 is 10.6 Å². The van der Waals surface area contributed by atoms with E-state index in [1.165, 1.54) is 0 Å². The molecule has 7 nitrogen and oxygen atoms in total. The SMILES string of the molecule is CSCC[C@H](NC(=O)NCCCc1ncc[nH]1)C(=O)O. The average molecular weight is 300 g/mol. The van der Waals surface area contributed by atoms with Crippen molar-refractivity contribution in [2.75, 3.05) is 18.6 Å². The molecule has 0 unspecified atom stereocenters. The van der Waals surface area contributed by atoms with Gasteiger partial charge in [0.25, 0.3) is 0 Å². The number of aromatic nitrogens is 2. The molecular weight excluding hydrogens is 280 g/mol. The van der Waals surface area contributed by atoms with Crippen LogP contribution in [-0.4, -0.2) is 51.7 Å². The van der Waals surface area contributed by atoms with Gasteiger partial charge < -0.3 is 20.7 Å². The van der Waals surface area contributed by atoms with Crippen molar-refractivity contribution in [3.63, 3.8) is 0 Å². The van der Waals surface area contributed by atoms with E-state index in [0.717, 1.165) is 18.7 Å². The fourth-order valence-corrected chi connectivity index (χ4v) is 2.07. The highest BCUT2D eigenvalue weighted by Gasteiger charge is 2.18. The Balaban J connectivity index is 2.18. The lowest BCUT2D eigenvalue weighted by molar-refractivity contribution is -0.139. The van der Waals surface area contributed by atoms with Crippen LogP contribution >= 0.6 is 11.8 Å². The molecule has 0 fully saturated rings. The highest BCUT2D eigenvalue weighted by molar-refractivity contribution is 7.98. The van der Waals surface area contributed by atoms with E-state index in [4.69, 9.17) is 5.11 Å². The highest BCUT2D eigenvalue weighted by Crippen LogP contribution is 2.01. The molecule has 1 heterocycles. The van der Waals surface area contributed by atoms with Crippen LogP contribution in [0.25, 0.3) is 0 Å². The normalized spacial score (nSPS) is 11.8. The summed E-state index contributed by atoms with van der Waals surface area (Å²) in [5.41, 5.74) is 0. The number of imidazole rings is 1. The van der Waals surface area contributed by atoms with Crippen molar-refractivity contribution in [3.05, 3.63) is 18.2 Å². The Morgan fingerprint density at radius 2 is 2.35 bits per heavy atom. The van der Waals surface area contributed by atoms with Gasteiger partial charge in [0.1, 0.15) is 11.9 Å². The second kappa shape index (κ2) is 9.24. The van der Waals surface area contributed by atoms with Gasteiger partial charge in [0.2, 0.25) is 0 Å². The van der Waals surface area contributed by atoms with E-state index < -0.39 is 18.0 Å². The first-order valence-corrected chi connectivity index (χ1v) is 7.77. The molecule has 0 aromatic carbocycles. The third kappa shape index (κ3) is 6.46. The largest absolute Gasteiger partial charge is 0.480 e. The predicted octanol–water partition coefficient (Wildman–Crippen LogP) is 0.848. The molecule has 1 atom stereocenters. The Hall–Kier alpha value is -1.70. The molecule has 4 N–H and O–H groups in total. The minimum Gasteiger partial charge on any atom is -0.480 e. The highest BCUT2D eigenvalue weighted by atomic mass is 32.2. The third-order valence-electron chi connectivity index (χ3n) is 2.64. The smallest absolute Gasteiger partial charge is 0.326 e. The van der Waals surface area contributed by atoms with Crippen LogP contribution in [0.5, 0.6) is 0 Å². The lowest BCUT2D eigenvalue weighted by atomic mass is 10.2. The fraction of sp³-hybridized carbons (Fsp3) is 0.583. The standard InChI is InChI=1S/C12H20N4O3S/c1-20-8-4-9(11(17)18)16-12(19)15-5-2-3-10-13-6-7-14-10/h6-7,9H,2-5,8H2,1H3,(H,13,14)(H,17,18)(H2,15,16,19)/t9-/m0/s1. The van der Waals surface area contributed by atoms with E-state index in [-0.39, 0.29) is 0 Å². The van der Waals surface area contributed by atoms with Gasteiger partial charge >= 0.3 is 12.0 Å². The molecule has 0 aliphatic carbocycles. The molecule has 1 aromatic heterocycles. The summed E-state index contributed by atoms with van der Waals surface area (Å²) in [6.07, 6.45) is 7.22. The van der Waals surface area contributed by atoms with Crippen molar-refractivity contribution in [3.8, 4) is 0 Å². The molecule has 0 aliphatic heterocycles. The van der Waals surface area contributed by atoms with Crippen LogP contribution in [0.3, 0.4) is 0 Å². The number of carbonyl (C=O) groups is 2. The summed E-state index contributed by atoms with van der Waals surface area (Å²) >= 11 is 1.55. The Morgan fingerprint density at radius 3 is 2.95 bits per heavy atom. The summed E-state index contributed by atoms with van der Waals surface area (Å²) in [4.78, 5) is 29.6. The van der Waals surface area contributed by atoms with Crippen molar-refractivity contribution in [1.29, 1.82) is 0 Å². The first kappa shape index (κ1) is 16.4. The third-order valence-corrected chi connectivity index (χ3v) is 3.29. The predicted molar refractivity (Wildman–Crippen MR) is 77.9 cm³/mol. The summed E-state index contributed by atoms with van der Waals surface area (Å²) in [5.74, 6) is 0.552. The maximum Gasteiger partial charge on any atom is 0.326 e. The number of aliphatic carboxylic acids is 1. The zero-order valence-corrected chi connectivity index (χ0v) is 12.2. The second-order valence-corrected chi connectivity index (χ2v) is 5.20. The summed E-state index contributed by atoms with van der Waals surface area (Å²) in [7, 11) is 0. The number of carbonyl (C=O) groups excluding carboxylic acids is 1. The first-order valence-electron chi connectivity index (χ1n) is 6.38. The zero-order valence-electron chi connectivity index (χ0n) is 11.4. The molecule has 0 saturated heterocycles. The van der Waals surface area contributed by atoms with E-state index >= 15 is 0 Å². The van der Waals surface area contributed by atoms with Gasteiger partial charge in [0.05, 0.1) is 0 Å². The molecule has 8 heteroatoms. The Labute approximate surface area is 121 Å². The number of amides is 2. The van der Waals surface area contributed by atoms with Crippen LogP contribution in [0.1, 0.15) is 18.7 Å². The van der Waals surface area contributed by atoms with Crippen molar-refractivity contribution in [1.82, 2.24) is 20.6 Å². The van der Waals surface area contributed by atoms with Gasteiger partial charge in [-0.3, -0.25) is 0 Å². The number of H-pyrrole nitrogens is 1. The second-order valence-electron chi connectivity index (χ2n) is 4.21. The maximum absolute atomic E-state index is 11.6. The van der Waals surface area contributed by atoms with Crippen molar-refractivity contribution >= 4 is 23.8 Å². The monoisotopic (exact) mass is 300 g/mol. The molecule has 2 amide bonds. The van der Waals surface area contributed by atoms with Crippen molar-refractivity contribution in [2.24, 2.45) is 0 Å². The zero-order chi connectivity index (χ0) is 14.8. The number of aryl methyl sites for hydroxylation is 1. The Kier molecular flexibility index (Phi) is 7.56. The number of nitrogens with zero attached hydrogens (tertiary/aromatic N) is 1. The lowest BCUT2D eigenvalue weighted by Gasteiger charge is -2.14. The van der Waals surface area contributed by atoms with Gasteiger partial charge in [-0.25, -0.2) is 14.6 Å². The van der Waals surface area contributed by atoms with Crippen LogP contribution in [-0.2, 0) is 11.2 Å². The van der Waals surface area contributed by atoms with Crippen LogP contribution in [0.15, 0.2) is 12.4 Å². The Bertz CT molecular complexity index is 411. The molecule has 0 bridgehead atoms. The molecule has 0 spiro atoms. The lowest BCUT2D eigenvalue weighted by Crippen LogP contribution is -2.46. The van der Waals surface area contributed by atoms with Gasteiger partial charge in [-0.2, -0.15) is 11.8 Å². The average Bonchev–Trinajstić information content (AvgIpc) is 2.92. The quantitative estimate of drug-likeness (QED) is 0.506. The topological polar surface area (TPSA) is 107 Å². The fourth-order valence-electron chi connectivity index (χ4n) is 1.59. The number of hydrogen-bond acceptors (Lipinski definition) is 4. The number of thioether (sulfide) groups is 1. The van der Waals surface area contributed by atoms with Crippen molar-refractivity contribution in [2.45, 2.75) is 25.3 Å². The Morgan fingerprint density at radius 1 is 1.55 bits per heavy atom. The minimum absolute atomic E-state index is 0.413.